The summed E-state index contributed by atoms with van der Waals surface area (Å²) < 4.78 is 0. The molecular weight excluding hydrogens is 304 g/mol. The molecule has 1 fully saturated rings. The third-order valence-corrected chi connectivity index (χ3v) is 4.55. The Hall–Kier alpha value is -1.37. The highest BCUT2D eigenvalue weighted by Gasteiger charge is 2.29. The van der Waals surface area contributed by atoms with Gasteiger partial charge in [0.05, 0.1) is 15.6 Å². The fraction of sp³-hybridized carbons (Fsp3) is 0.600. The average Bonchev–Trinajstić information content (AvgIpc) is 2.46. The summed E-state index contributed by atoms with van der Waals surface area (Å²) in [6, 6.07) is 4.52. The predicted molar refractivity (Wildman–Crippen MR) is 89.7 cm³/mol. The van der Waals surface area contributed by atoms with Gasteiger partial charge in [-0.2, -0.15) is 0 Å². The number of piperazine rings is 1. The summed E-state index contributed by atoms with van der Waals surface area (Å²) in [6.07, 6.45) is 0. The quantitative estimate of drug-likeness (QED) is 0.666. The summed E-state index contributed by atoms with van der Waals surface area (Å²) in [5, 5.41) is 14.4. The minimum absolute atomic E-state index is 0.00758. The number of rotatable bonds is 5. The van der Waals surface area contributed by atoms with Crippen LogP contribution in [0.1, 0.15) is 13.8 Å². The van der Waals surface area contributed by atoms with Crippen LogP contribution in [-0.4, -0.2) is 60.0 Å². The van der Waals surface area contributed by atoms with Crippen LogP contribution in [0.2, 0.25) is 5.02 Å². The van der Waals surface area contributed by atoms with E-state index in [-0.39, 0.29) is 11.2 Å². The van der Waals surface area contributed by atoms with E-state index in [4.69, 9.17) is 11.6 Å². The van der Waals surface area contributed by atoms with Crippen molar-refractivity contribution in [3.8, 4) is 0 Å². The Balaban J connectivity index is 1.98. The maximum absolute atomic E-state index is 10.7. The third kappa shape index (κ3) is 4.09. The van der Waals surface area contributed by atoms with Crippen LogP contribution in [0.25, 0.3) is 0 Å². The molecule has 122 valence electrons. The van der Waals surface area contributed by atoms with Crippen molar-refractivity contribution in [3.63, 3.8) is 0 Å². The van der Waals surface area contributed by atoms with Crippen molar-refractivity contribution in [2.75, 3.05) is 45.1 Å². The van der Waals surface area contributed by atoms with E-state index in [1.165, 1.54) is 12.1 Å². The van der Waals surface area contributed by atoms with Crippen LogP contribution >= 0.6 is 11.6 Å². The van der Waals surface area contributed by atoms with Gasteiger partial charge in [-0.3, -0.25) is 15.0 Å². The van der Waals surface area contributed by atoms with Crippen molar-refractivity contribution in [2.45, 2.75) is 19.4 Å². The molecule has 0 atom stereocenters. The van der Waals surface area contributed by atoms with Gasteiger partial charge in [-0.05, 0) is 27.0 Å². The number of anilines is 1. The molecule has 1 heterocycles. The van der Waals surface area contributed by atoms with Crippen molar-refractivity contribution in [2.24, 2.45) is 0 Å². The second-order valence-corrected chi connectivity index (χ2v) is 6.78. The second kappa shape index (κ2) is 6.81. The molecular formula is C15H23ClN4O2. The SMILES string of the molecule is CN1CCN(C(C)(C)CNc2ccc([N+](=O)[O-])cc2Cl)CC1. The lowest BCUT2D eigenvalue weighted by atomic mass is 10.0. The Labute approximate surface area is 136 Å². The van der Waals surface area contributed by atoms with Crippen LogP contribution < -0.4 is 5.32 Å². The van der Waals surface area contributed by atoms with E-state index in [2.05, 4.69) is 36.0 Å². The first kappa shape index (κ1) is 17.0. The van der Waals surface area contributed by atoms with Crippen molar-refractivity contribution < 1.29 is 4.92 Å². The Kier molecular flexibility index (Phi) is 5.26. The van der Waals surface area contributed by atoms with Crippen LogP contribution in [-0.2, 0) is 0 Å². The summed E-state index contributed by atoms with van der Waals surface area (Å²) >= 11 is 6.12. The molecule has 6 nitrogen and oxygen atoms in total. The maximum atomic E-state index is 10.7. The molecule has 7 heteroatoms. The molecule has 0 bridgehead atoms. The number of nitrogens with one attached hydrogen (secondary N) is 1. The van der Waals surface area contributed by atoms with E-state index in [1.54, 1.807) is 6.07 Å². The van der Waals surface area contributed by atoms with Gasteiger partial charge < -0.3 is 10.2 Å². The molecule has 0 aliphatic carbocycles. The lowest BCUT2D eigenvalue weighted by Gasteiger charge is -2.43. The Morgan fingerprint density at radius 1 is 1.32 bits per heavy atom. The van der Waals surface area contributed by atoms with Crippen LogP contribution in [0.15, 0.2) is 18.2 Å². The predicted octanol–water partition coefficient (Wildman–Crippen LogP) is 2.69. The summed E-state index contributed by atoms with van der Waals surface area (Å²) in [4.78, 5) is 15.1. The number of likely N-dealkylation sites (N-methyl/N-ethyl adjacent to an activating group) is 1. The largest absolute Gasteiger partial charge is 0.382 e. The number of nitro groups is 1. The molecule has 0 amide bonds. The van der Waals surface area contributed by atoms with Gasteiger partial charge in [0.2, 0.25) is 0 Å². The fourth-order valence-electron chi connectivity index (χ4n) is 2.60. The number of non-ortho nitro benzene ring substituents is 1. The number of benzene rings is 1. The molecule has 1 aliphatic heterocycles. The van der Waals surface area contributed by atoms with Gasteiger partial charge in [-0.25, -0.2) is 0 Å². The minimum Gasteiger partial charge on any atom is -0.382 e. The van der Waals surface area contributed by atoms with Crippen molar-refractivity contribution >= 4 is 23.0 Å². The number of nitro benzene ring substituents is 1. The fourth-order valence-corrected chi connectivity index (χ4v) is 2.84. The minimum atomic E-state index is -0.441. The normalized spacial score (nSPS) is 17.5. The monoisotopic (exact) mass is 326 g/mol. The molecule has 0 aromatic heterocycles. The molecule has 2 rings (SSSR count). The van der Waals surface area contributed by atoms with Gasteiger partial charge in [0.1, 0.15) is 0 Å². The first-order valence-electron chi connectivity index (χ1n) is 7.41. The van der Waals surface area contributed by atoms with Gasteiger partial charge in [0, 0.05) is 50.4 Å². The standard InChI is InChI=1S/C15H23ClN4O2/c1-15(2,19-8-6-18(3)7-9-19)11-17-14-5-4-12(20(21)22)10-13(14)16/h4-5,10,17H,6-9,11H2,1-3H3. The van der Waals surface area contributed by atoms with Crippen molar-refractivity contribution in [3.05, 3.63) is 33.3 Å². The van der Waals surface area contributed by atoms with Crippen LogP contribution in [0.4, 0.5) is 11.4 Å². The van der Waals surface area contributed by atoms with E-state index in [0.29, 0.717) is 5.02 Å². The molecule has 0 spiro atoms. The van der Waals surface area contributed by atoms with Gasteiger partial charge in [-0.15, -0.1) is 0 Å². The number of nitrogens with zero attached hydrogens (tertiary/aromatic N) is 3. The number of hydrogen-bond acceptors (Lipinski definition) is 5. The molecule has 1 aromatic rings. The molecule has 0 radical (unpaired) electrons. The van der Waals surface area contributed by atoms with Crippen molar-refractivity contribution in [1.82, 2.24) is 9.80 Å². The zero-order valence-corrected chi connectivity index (χ0v) is 14.1. The molecule has 0 unspecified atom stereocenters. The highest BCUT2D eigenvalue weighted by Crippen LogP contribution is 2.27. The van der Waals surface area contributed by atoms with E-state index in [9.17, 15) is 10.1 Å². The molecule has 1 aliphatic rings. The summed E-state index contributed by atoms with van der Waals surface area (Å²) in [6.45, 7) is 9.35. The van der Waals surface area contributed by atoms with E-state index < -0.39 is 4.92 Å². The highest BCUT2D eigenvalue weighted by molar-refractivity contribution is 6.33. The molecule has 0 saturated carbocycles. The summed E-state index contributed by atoms with van der Waals surface area (Å²) in [7, 11) is 2.14. The molecule has 1 aromatic carbocycles. The topological polar surface area (TPSA) is 61.6 Å². The maximum Gasteiger partial charge on any atom is 0.271 e. The lowest BCUT2D eigenvalue weighted by molar-refractivity contribution is -0.384. The van der Waals surface area contributed by atoms with E-state index >= 15 is 0 Å². The van der Waals surface area contributed by atoms with Gasteiger partial charge >= 0.3 is 0 Å². The molecule has 22 heavy (non-hydrogen) atoms. The lowest BCUT2D eigenvalue weighted by Crippen LogP contribution is -2.56. The second-order valence-electron chi connectivity index (χ2n) is 6.38. The zero-order valence-electron chi connectivity index (χ0n) is 13.3. The van der Waals surface area contributed by atoms with Gasteiger partial charge in [0.25, 0.3) is 5.69 Å². The number of halogens is 1. The zero-order chi connectivity index (χ0) is 16.3. The Morgan fingerprint density at radius 3 is 2.50 bits per heavy atom. The van der Waals surface area contributed by atoms with Gasteiger partial charge in [-0.1, -0.05) is 11.6 Å². The Bertz CT molecular complexity index is 542. The molecule has 1 saturated heterocycles. The van der Waals surface area contributed by atoms with Gasteiger partial charge in [0.15, 0.2) is 0 Å². The van der Waals surface area contributed by atoms with Crippen molar-refractivity contribution in [1.29, 1.82) is 0 Å². The van der Waals surface area contributed by atoms with Crippen LogP contribution in [0, 0.1) is 10.1 Å². The first-order valence-corrected chi connectivity index (χ1v) is 7.79. The summed E-state index contributed by atoms with van der Waals surface area (Å²) in [5.74, 6) is 0. The Morgan fingerprint density at radius 2 is 1.95 bits per heavy atom. The van der Waals surface area contributed by atoms with Crippen LogP contribution in [0.5, 0.6) is 0 Å². The average molecular weight is 327 g/mol. The van der Waals surface area contributed by atoms with Crippen LogP contribution in [0.3, 0.4) is 0 Å². The third-order valence-electron chi connectivity index (χ3n) is 4.23. The highest BCUT2D eigenvalue weighted by atomic mass is 35.5. The number of hydrogen-bond donors (Lipinski definition) is 1. The van der Waals surface area contributed by atoms with E-state index in [1.807, 2.05) is 0 Å². The molecule has 1 N–H and O–H groups in total. The summed E-state index contributed by atoms with van der Waals surface area (Å²) in [5.41, 5.74) is 0.732. The first-order chi connectivity index (χ1) is 10.3. The van der Waals surface area contributed by atoms with E-state index in [0.717, 1.165) is 38.4 Å². The smallest absolute Gasteiger partial charge is 0.271 e.